The Bertz CT molecular complexity index is 1020. The number of thiophene rings is 1. The third-order valence-electron chi connectivity index (χ3n) is 3.66. The van der Waals surface area contributed by atoms with Gasteiger partial charge in [-0.3, -0.25) is 20.4 Å². The number of aromatic nitrogens is 3. The lowest BCUT2D eigenvalue weighted by Gasteiger charge is -2.06. The predicted molar refractivity (Wildman–Crippen MR) is 103 cm³/mol. The minimum absolute atomic E-state index is 0.229. The van der Waals surface area contributed by atoms with E-state index < -0.39 is 11.8 Å². The maximum atomic E-state index is 12.5. The molecule has 0 saturated carbocycles. The first kappa shape index (κ1) is 19.3. The molecule has 3 rings (SSSR count). The Kier molecular flexibility index (Phi) is 5.73. The predicted octanol–water partition coefficient (Wildman–Crippen LogP) is 2.32. The van der Waals surface area contributed by atoms with Crippen molar-refractivity contribution in [3.05, 3.63) is 38.7 Å². The molecule has 0 spiro atoms. The van der Waals surface area contributed by atoms with E-state index in [1.807, 2.05) is 0 Å². The molecule has 9 nitrogen and oxygen atoms in total. The standard InChI is InChI=1S/C16H16BrN5O4S/c1-7-11-15(26-3)19-10(6-25-2)20-16(11)27-12(7)14(24)22-21-13(23)9-4-8(17)5-18-9/h4-5,18H,6H2,1-3H3,(H,21,23)(H,22,24). The molecule has 0 fully saturated rings. The fraction of sp³-hybridized carbons (Fsp3) is 0.250. The minimum atomic E-state index is -0.465. The van der Waals surface area contributed by atoms with Gasteiger partial charge in [-0.1, -0.05) is 0 Å². The van der Waals surface area contributed by atoms with Gasteiger partial charge < -0.3 is 14.5 Å². The summed E-state index contributed by atoms with van der Waals surface area (Å²) in [6.45, 7) is 2.01. The SMILES string of the molecule is COCc1nc(OC)c2c(C)c(C(=O)NNC(=O)c3cc(Br)c[nH]3)sc2n1. The summed E-state index contributed by atoms with van der Waals surface area (Å²) in [6, 6.07) is 1.60. The molecule has 0 radical (unpaired) electrons. The van der Waals surface area contributed by atoms with E-state index in [1.54, 1.807) is 26.3 Å². The zero-order valence-corrected chi connectivity index (χ0v) is 17.1. The van der Waals surface area contributed by atoms with Crippen molar-refractivity contribution >= 4 is 49.3 Å². The van der Waals surface area contributed by atoms with Crippen molar-refractivity contribution < 1.29 is 19.1 Å². The average molecular weight is 454 g/mol. The van der Waals surface area contributed by atoms with Crippen LogP contribution < -0.4 is 15.6 Å². The third kappa shape index (κ3) is 3.94. The number of amides is 2. The smallest absolute Gasteiger partial charge is 0.286 e. The molecule has 0 aliphatic heterocycles. The zero-order valence-electron chi connectivity index (χ0n) is 14.7. The Labute approximate surface area is 166 Å². The second kappa shape index (κ2) is 8.03. The number of ether oxygens (including phenoxy) is 2. The van der Waals surface area contributed by atoms with Crippen molar-refractivity contribution in [2.24, 2.45) is 0 Å². The fourth-order valence-corrected chi connectivity index (χ4v) is 3.87. The lowest BCUT2D eigenvalue weighted by atomic mass is 10.2. The van der Waals surface area contributed by atoms with Gasteiger partial charge in [0.05, 0.1) is 17.4 Å². The van der Waals surface area contributed by atoms with E-state index in [2.05, 4.69) is 41.7 Å². The van der Waals surface area contributed by atoms with Gasteiger partial charge in [0.15, 0.2) is 5.82 Å². The van der Waals surface area contributed by atoms with E-state index in [-0.39, 0.29) is 6.61 Å². The number of hydrazine groups is 1. The van der Waals surface area contributed by atoms with Crippen LogP contribution in [-0.2, 0) is 11.3 Å². The van der Waals surface area contributed by atoms with Crippen molar-refractivity contribution in [3.63, 3.8) is 0 Å². The molecule has 11 heteroatoms. The number of hydrogen-bond donors (Lipinski definition) is 3. The fourth-order valence-electron chi connectivity index (χ4n) is 2.44. The molecule has 0 aliphatic rings. The number of hydrogen-bond acceptors (Lipinski definition) is 7. The van der Waals surface area contributed by atoms with Gasteiger partial charge in [-0.25, -0.2) is 4.98 Å². The summed E-state index contributed by atoms with van der Waals surface area (Å²) in [5.74, 6) is -0.0850. The monoisotopic (exact) mass is 453 g/mol. The van der Waals surface area contributed by atoms with Crippen molar-refractivity contribution in [2.45, 2.75) is 13.5 Å². The molecule has 0 unspecified atom stereocenters. The number of H-pyrrole nitrogens is 1. The van der Waals surface area contributed by atoms with Gasteiger partial charge in [0, 0.05) is 17.8 Å². The summed E-state index contributed by atoms with van der Waals surface area (Å²) in [6.07, 6.45) is 1.62. The second-order valence-corrected chi connectivity index (χ2v) is 7.37. The van der Waals surface area contributed by atoms with E-state index in [0.29, 0.717) is 38.1 Å². The number of nitrogens with one attached hydrogen (secondary N) is 3. The van der Waals surface area contributed by atoms with Gasteiger partial charge in [-0.05, 0) is 34.5 Å². The molecule has 2 amide bonds. The Balaban J connectivity index is 1.84. The van der Waals surface area contributed by atoms with Gasteiger partial charge >= 0.3 is 0 Å². The molecule has 0 atom stereocenters. The molecule has 0 bridgehead atoms. The number of fused-ring (bicyclic) bond motifs is 1. The number of carbonyl (C=O) groups is 2. The molecule has 142 valence electrons. The van der Waals surface area contributed by atoms with E-state index >= 15 is 0 Å². The maximum Gasteiger partial charge on any atom is 0.286 e. The van der Waals surface area contributed by atoms with E-state index in [4.69, 9.17) is 9.47 Å². The highest BCUT2D eigenvalue weighted by atomic mass is 79.9. The van der Waals surface area contributed by atoms with Crippen LogP contribution in [0.1, 0.15) is 31.5 Å². The highest BCUT2D eigenvalue weighted by molar-refractivity contribution is 9.10. The Hall–Kier alpha value is -2.50. The van der Waals surface area contributed by atoms with Crippen LogP contribution >= 0.6 is 27.3 Å². The van der Waals surface area contributed by atoms with Gasteiger partial charge in [0.25, 0.3) is 11.8 Å². The number of methoxy groups -OCH3 is 2. The quantitative estimate of drug-likeness (QED) is 0.510. The van der Waals surface area contributed by atoms with Gasteiger partial charge in [0.1, 0.15) is 17.1 Å². The van der Waals surface area contributed by atoms with Crippen LogP contribution in [-0.4, -0.2) is 41.0 Å². The van der Waals surface area contributed by atoms with Crippen LogP contribution in [0.25, 0.3) is 10.2 Å². The van der Waals surface area contributed by atoms with Crippen LogP contribution in [0.3, 0.4) is 0 Å². The minimum Gasteiger partial charge on any atom is -0.480 e. The largest absolute Gasteiger partial charge is 0.480 e. The summed E-state index contributed by atoms with van der Waals surface area (Å²) < 4.78 is 11.1. The van der Waals surface area contributed by atoms with Crippen molar-refractivity contribution in [1.29, 1.82) is 0 Å². The Morgan fingerprint density at radius 2 is 2.00 bits per heavy atom. The number of nitrogens with zero attached hydrogens (tertiary/aromatic N) is 2. The van der Waals surface area contributed by atoms with E-state index in [1.165, 1.54) is 18.4 Å². The highest BCUT2D eigenvalue weighted by Gasteiger charge is 2.21. The van der Waals surface area contributed by atoms with Crippen LogP contribution in [0, 0.1) is 6.92 Å². The first-order valence-corrected chi connectivity index (χ1v) is 9.33. The van der Waals surface area contributed by atoms with Gasteiger partial charge in [0.2, 0.25) is 5.88 Å². The first-order valence-electron chi connectivity index (χ1n) is 7.72. The van der Waals surface area contributed by atoms with Crippen LogP contribution in [0.5, 0.6) is 5.88 Å². The molecular formula is C16H16BrN5O4S. The molecular weight excluding hydrogens is 438 g/mol. The van der Waals surface area contributed by atoms with Crippen LogP contribution in [0.2, 0.25) is 0 Å². The van der Waals surface area contributed by atoms with E-state index in [9.17, 15) is 9.59 Å². The molecule has 0 aromatic carbocycles. The summed E-state index contributed by atoms with van der Waals surface area (Å²) >= 11 is 4.43. The average Bonchev–Trinajstić information content (AvgIpc) is 3.23. The van der Waals surface area contributed by atoms with Crippen LogP contribution in [0.15, 0.2) is 16.7 Å². The van der Waals surface area contributed by atoms with Crippen LogP contribution in [0.4, 0.5) is 0 Å². The number of halogens is 1. The first-order chi connectivity index (χ1) is 12.9. The molecule has 3 aromatic heterocycles. The van der Waals surface area contributed by atoms with Crippen molar-refractivity contribution in [3.8, 4) is 5.88 Å². The normalized spacial score (nSPS) is 10.8. The molecule has 0 saturated heterocycles. The summed E-state index contributed by atoms with van der Waals surface area (Å²) in [7, 11) is 3.05. The lowest BCUT2D eigenvalue weighted by Crippen LogP contribution is -2.41. The highest BCUT2D eigenvalue weighted by Crippen LogP contribution is 2.34. The number of carbonyl (C=O) groups excluding carboxylic acids is 2. The summed E-state index contributed by atoms with van der Waals surface area (Å²) in [4.78, 5) is 37.1. The number of rotatable bonds is 5. The molecule has 27 heavy (non-hydrogen) atoms. The lowest BCUT2D eigenvalue weighted by molar-refractivity contribution is 0.0846. The third-order valence-corrected chi connectivity index (χ3v) is 5.30. The van der Waals surface area contributed by atoms with Crippen molar-refractivity contribution in [2.75, 3.05) is 14.2 Å². The topological polar surface area (TPSA) is 118 Å². The Morgan fingerprint density at radius 3 is 2.63 bits per heavy atom. The number of aromatic amines is 1. The zero-order chi connectivity index (χ0) is 19.6. The van der Waals surface area contributed by atoms with Crippen molar-refractivity contribution in [1.82, 2.24) is 25.8 Å². The van der Waals surface area contributed by atoms with E-state index in [0.717, 1.165) is 4.47 Å². The van der Waals surface area contributed by atoms with Gasteiger partial charge in [-0.2, -0.15) is 4.98 Å². The second-order valence-electron chi connectivity index (χ2n) is 5.46. The molecule has 3 heterocycles. The molecule has 3 N–H and O–H groups in total. The number of aryl methyl sites for hydroxylation is 1. The van der Waals surface area contributed by atoms with Gasteiger partial charge in [-0.15, -0.1) is 11.3 Å². The Morgan fingerprint density at radius 1 is 1.26 bits per heavy atom. The summed E-state index contributed by atoms with van der Waals surface area (Å²) in [5, 5.41) is 0.659. The summed E-state index contributed by atoms with van der Waals surface area (Å²) in [5.41, 5.74) is 5.76. The maximum absolute atomic E-state index is 12.5. The molecule has 0 aliphatic carbocycles. The molecule has 3 aromatic rings.